The molecule has 5 aliphatic rings. The van der Waals surface area contributed by atoms with Crippen molar-refractivity contribution in [1.82, 2.24) is 0 Å². The first kappa shape index (κ1) is 54.0. The Balaban J connectivity index is 1.56. The van der Waals surface area contributed by atoms with E-state index < -0.39 is 47.5 Å². The summed E-state index contributed by atoms with van der Waals surface area (Å²) in [5, 5.41) is 46.3. The van der Waals surface area contributed by atoms with Crippen molar-refractivity contribution in [3.63, 3.8) is 0 Å². The summed E-state index contributed by atoms with van der Waals surface area (Å²) in [6.07, 6.45) is 10.9. The van der Waals surface area contributed by atoms with E-state index in [1.54, 1.807) is 0 Å². The monoisotopic (exact) mass is 1050 g/mol. The van der Waals surface area contributed by atoms with Crippen molar-refractivity contribution >= 4 is 23.9 Å². The predicted octanol–water partition coefficient (Wildman–Crippen LogP) is 12.7. The third-order valence-corrected chi connectivity index (χ3v) is 15.7. The van der Waals surface area contributed by atoms with Crippen LogP contribution >= 0.6 is 0 Å². The number of unbranched alkanes of at least 4 members (excludes halogenated alkanes) is 8. The number of hydrogen-bond acceptors (Lipinski definition) is 12. The molecule has 0 saturated carbocycles. The van der Waals surface area contributed by atoms with Crippen LogP contribution in [0.15, 0.2) is 24.3 Å². The van der Waals surface area contributed by atoms with E-state index in [0.29, 0.717) is 95.9 Å². The molecule has 0 fully saturated rings. The van der Waals surface area contributed by atoms with Gasteiger partial charge in [0.15, 0.2) is 0 Å². The van der Waals surface area contributed by atoms with Gasteiger partial charge in [0.2, 0.25) is 0 Å². The minimum Gasteiger partial charge on any atom is -0.489 e. The summed E-state index contributed by atoms with van der Waals surface area (Å²) in [6, 6.07) is 7.81. The van der Waals surface area contributed by atoms with E-state index in [-0.39, 0.29) is 121 Å². The maximum Gasteiger partial charge on any atom is 0.343 e. The van der Waals surface area contributed by atoms with E-state index in [1.807, 2.05) is 24.3 Å². The second-order valence-electron chi connectivity index (χ2n) is 20.6. The molecular formula is C60H72O16. The smallest absolute Gasteiger partial charge is 0.343 e. The second kappa shape index (κ2) is 24.0. The summed E-state index contributed by atoms with van der Waals surface area (Å²) >= 11 is 0. The maximum absolute atomic E-state index is 14.2. The molecule has 0 amide bonds. The number of carboxylic acids is 4. The van der Waals surface area contributed by atoms with Crippen LogP contribution in [0.3, 0.4) is 0 Å². The summed E-state index contributed by atoms with van der Waals surface area (Å²) in [5.41, 5.74) is 3.09. The summed E-state index contributed by atoms with van der Waals surface area (Å²) in [4.78, 5) is 56.8. The largest absolute Gasteiger partial charge is 0.489 e. The SMILES string of the molecule is CCCCCC1c2cc3c4c(C(=O)O)c2OCCOc2c1cc1c(c2C(=O)O)OCCOc2c(cc5c(c2C(=O)O)OCCOc2c(cc(c(c2C(=O)O)OCCO4)C3CCCCC)C5CCCCC)C1CCCCC. The summed E-state index contributed by atoms with van der Waals surface area (Å²) in [7, 11) is 0. The second-order valence-corrected chi connectivity index (χ2v) is 20.6. The number of carboxylic acid groups (broad SMARTS) is 4. The van der Waals surface area contributed by atoms with Gasteiger partial charge in [-0.15, -0.1) is 0 Å². The van der Waals surface area contributed by atoms with Crippen molar-refractivity contribution in [2.45, 2.75) is 154 Å². The molecule has 408 valence electrons. The Hall–Kier alpha value is -6.84. The fourth-order valence-electron chi connectivity index (χ4n) is 12.3. The van der Waals surface area contributed by atoms with Gasteiger partial charge >= 0.3 is 23.9 Å². The van der Waals surface area contributed by atoms with Gasteiger partial charge in [-0.1, -0.05) is 105 Å². The average Bonchev–Trinajstić information content (AvgIpc) is 3.59. The van der Waals surface area contributed by atoms with Crippen molar-refractivity contribution in [2.24, 2.45) is 0 Å². The van der Waals surface area contributed by atoms with Gasteiger partial charge in [0.05, 0.1) is 0 Å². The molecule has 0 aromatic heterocycles. The first-order chi connectivity index (χ1) is 36.9. The predicted molar refractivity (Wildman–Crippen MR) is 282 cm³/mol. The molecule has 0 spiro atoms. The Kier molecular flexibility index (Phi) is 17.0. The quantitative estimate of drug-likeness (QED) is 0.0604. The third-order valence-electron chi connectivity index (χ3n) is 15.7. The van der Waals surface area contributed by atoms with E-state index in [0.717, 1.165) is 51.4 Å². The highest BCUT2D eigenvalue weighted by atomic mass is 16.6. The van der Waals surface area contributed by atoms with Gasteiger partial charge in [0.1, 0.15) is 121 Å². The highest BCUT2D eigenvalue weighted by Crippen LogP contribution is 2.58. The Morgan fingerprint density at radius 2 is 0.474 bits per heavy atom. The molecule has 0 saturated heterocycles. The van der Waals surface area contributed by atoms with Crippen LogP contribution < -0.4 is 37.9 Å². The molecule has 4 aromatic rings. The Morgan fingerprint density at radius 1 is 0.316 bits per heavy atom. The van der Waals surface area contributed by atoms with Crippen molar-refractivity contribution < 1.29 is 77.5 Å². The van der Waals surface area contributed by atoms with Crippen LogP contribution in [0.25, 0.3) is 0 Å². The minimum atomic E-state index is -1.30. The normalized spacial score (nSPS) is 18.9. The fourth-order valence-corrected chi connectivity index (χ4v) is 12.3. The van der Waals surface area contributed by atoms with Crippen LogP contribution in [-0.2, 0) is 0 Å². The molecule has 0 radical (unpaired) electrons. The van der Waals surface area contributed by atoms with Crippen molar-refractivity contribution in [2.75, 3.05) is 52.9 Å². The van der Waals surface area contributed by atoms with Gasteiger partial charge in [0.25, 0.3) is 0 Å². The first-order valence-electron chi connectivity index (χ1n) is 27.7. The first-order valence-corrected chi connectivity index (χ1v) is 27.7. The molecule has 9 rings (SSSR count). The van der Waals surface area contributed by atoms with Crippen LogP contribution in [0.4, 0.5) is 0 Å². The van der Waals surface area contributed by atoms with Crippen molar-refractivity contribution in [3.05, 3.63) is 91.0 Å². The molecular weight excluding hydrogens is 977 g/mol. The molecule has 4 aromatic carbocycles. The lowest BCUT2D eigenvalue weighted by Crippen LogP contribution is -2.18. The summed E-state index contributed by atoms with van der Waals surface area (Å²) in [6.45, 7) is 7.08. The Bertz CT molecular complexity index is 2340. The number of aromatic carboxylic acids is 4. The standard InChI is InChI=1S/C60H72O16/c1-5-9-13-17-33-37-29-39-34(18-14-10-6-2)41-31-43-36(20-16-12-8-4)44-32-42-35(19-15-11-7-3)40-30-38(33)50-46(58(63)64)52(40)72-24-26-74-54(42)48(60(67)68)56(44)76-28-27-75-55(43)47(59(65)66)53(41)73-25-23-71-51(39)45(57(61)62)49(37)69-21-22-70-50/h29-36H,5-28H2,1-4H3,(H,61,62)(H,63,64)(H,65,66)(H,67,68). The van der Waals surface area contributed by atoms with Gasteiger partial charge < -0.3 is 58.3 Å². The Morgan fingerprint density at radius 3 is 0.605 bits per heavy atom. The zero-order valence-electron chi connectivity index (χ0n) is 44.3. The number of ether oxygens (including phenoxy) is 8. The zero-order valence-corrected chi connectivity index (χ0v) is 44.3. The summed E-state index contributed by atoms with van der Waals surface area (Å²) < 4.78 is 52.9. The van der Waals surface area contributed by atoms with Crippen LogP contribution in [0.2, 0.25) is 0 Å². The van der Waals surface area contributed by atoms with Crippen molar-refractivity contribution in [1.29, 1.82) is 0 Å². The van der Waals surface area contributed by atoms with Gasteiger partial charge in [-0.05, 0) is 49.9 Å². The number of carbonyl (C=O) groups is 4. The molecule has 0 atom stereocenters. The Labute approximate surface area is 443 Å². The van der Waals surface area contributed by atoms with Gasteiger partial charge in [-0.25, -0.2) is 19.2 Å². The molecule has 4 N–H and O–H groups in total. The minimum absolute atomic E-state index is 0.0706. The lowest BCUT2D eigenvalue weighted by Gasteiger charge is -2.32. The molecule has 4 heterocycles. The van der Waals surface area contributed by atoms with E-state index in [1.165, 1.54) is 0 Å². The zero-order chi connectivity index (χ0) is 53.6. The van der Waals surface area contributed by atoms with Gasteiger partial charge in [0, 0.05) is 68.2 Å². The summed E-state index contributed by atoms with van der Waals surface area (Å²) in [5.74, 6) is -7.61. The maximum atomic E-state index is 14.2. The van der Waals surface area contributed by atoms with E-state index in [9.17, 15) is 39.6 Å². The third kappa shape index (κ3) is 10.3. The number of rotatable bonds is 20. The van der Waals surface area contributed by atoms with Gasteiger partial charge in [-0.2, -0.15) is 0 Å². The number of benzene rings is 4. The van der Waals surface area contributed by atoms with E-state index in [2.05, 4.69) is 27.7 Å². The topological polar surface area (TPSA) is 223 Å². The lowest BCUT2D eigenvalue weighted by atomic mass is 9.74. The molecule has 0 unspecified atom stereocenters. The highest BCUT2D eigenvalue weighted by Gasteiger charge is 2.43. The van der Waals surface area contributed by atoms with E-state index >= 15 is 0 Å². The van der Waals surface area contributed by atoms with Crippen LogP contribution in [0.5, 0.6) is 46.0 Å². The van der Waals surface area contributed by atoms with Crippen LogP contribution in [0, 0.1) is 0 Å². The number of hydrogen-bond donors (Lipinski definition) is 4. The van der Waals surface area contributed by atoms with E-state index in [4.69, 9.17) is 37.9 Å². The fraction of sp³-hybridized carbons (Fsp3) is 0.533. The average molecular weight is 1050 g/mol. The molecule has 4 aliphatic heterocycles. The molecule has 76 heavy (non-hydrogen) atoms. The molecule has 16 heteroatoms. The molecule has 1 aliphatic carbocycles. The van der Waals surface area contributed by atoms with Crippen molar-refractivity contribution in [3.8, 4) is 46.0 Å². The van der Waals surface area contributed by atoms with Crippen LogP contribution in [-0.4, -0.2) is 97.2 Å². The lowest BCUT2D eigenvalue weighted by molar-refractivity contribution is 0.0667. The van der Waals surface area contributed by atoms with Crippen LogP contribution in [0.1, 0.15) is 240 Å². The van der Waals surface area contributed by atoms with Gasteiger partial charge in [-0.3, -0.25) is 0 Å². The highest BCUT2D eigenvalue weighted by molar-refractivity contribution is 5.99. The molecule has 16 nitrogen and oxygen atoms in total. The molecule has 8 bridgehead atoms.